The van der Waals surface area contributed by atoms with Gasteiger partial charge in [-0.1, -0.05) is 36.3 Å². The predicted molar refractivity (Wildman–Crippen MR) is 116 cm³/mol. The molecule has 1 aliphatic heterocycles. The number of hydrogen-bond donors (Lipinski definition) is 1. The van der Waals surface area contributed by atoms with Crippen LogP contribution in [0.2, 0.25) is 0 Å². The molecule has 5 nitrogen and oxygen atoms in total. The summed E-state index contributed by atoms with van der Waals surface area (Å²) in [6.45, 7) is 2.28. The molecular formula is C23H19F2N3O2S. The molecule has 1 fully saturated rings. The molecule has 3 aromatic rings. The minimum Gasteiger partial charge on any atom is -0.345 e. The first-order chi connectivity index (χ1) is 14.8. The van der Waals surface area contributed by atoms with Crippen LogP contribution in [0, 0.1) is 11.8 Å². The fourth-order valence-corrected chi connectivity index (χ4v) is 4.55. The van der Waals surface area contributed by atoms with Crippen molar-refractivity contribution < 1.29 is 18.4 Å². The van der Waals surface area contributed by atoms with Crippen molar-refractivity contribution in [3.8, 4) is 11.8 Å². The topological polar surface area (TPSA) is 62.3 Å². The normalized spacial score (nSPS) is 18.7. The molecule has 0 radical (unpaired) electrons. The molecule has 2 amide bonds. The zero-order valence-electron chi connectivity index (χ0n) is 16.9. The van der Waals surface area contributed by atoms with Crippen molar-refractivity contribution in [1.82, 2.24) is 9.69 Å². The number of carbonyl (C=O) groups excluding carboxylic acids is 2. The van der Waals surface area contributed by atoms with Gasteiger partial charge < -0.3 is 10.2 Å². The van der Waals surface area contributed by atoms with Gasteiger partial charge in [-0.05, 0) is 48.1 Å². The highest BCUT2D eigenvalue weighted by Crippen LogP contribution is 2.39. The number of aromatic nitrogens is 1. The van der Waals surface area contributed by atoms with Gasteiger partial charge in [-0.25, -0.2) is 0 Å². The molecule has 4 rings (SSSR count). The summed E-state index contributed by atoms with van der Waals surface area (Å²) < 4.78 is 32.3. The van der Waals surface area contributed by atoms with Crippen molar-refractivity contribution in [2.45, 2.75) is 38.3 Å². The van der Waals surface area contributed by atoms with Gasteiger partial charge >= 0.3 is 5.92 Å². The van der Waals surface area contributed by atoms with E-state index in [1.807, 2.05) is 42.5 Å². The maximum absolute atomic E-state index is 13.5. The molecule has 1 saturated heterocycles. The Bertz CT molecular complexity index is 1210. The summed E-state index contributed by atoms with van der Waals surface area (Å²) in [5.41, 5.74) is 2.04. The maximum atomic E-state index is 13.5. The number of fused-ring (bicyclic) bond motifs is 1. The van der Waals surface area contributed by atoms with Crippen molar-refractivity contribution in [2.24, 2.45) is 0 Å². The fourth-order valence-electron chi connectivity index (χ4n) is 3.78. The number of benzene rings is 2. The molecule has 1 aliphatic rings. The third-order valence-corrected chi connectivity index (χ3v) is 5.96. The third kappa shape index (κ3) is 4.01. The van der Waals surface area contributed by atoms with Gasteiger partial charge in [0.05, 0.1) is 16.8 Å². The number of halogens is 2. The van der Waals surface area contributed by atoms with E-state index in [-0.39, 0.29) is 12.3 Å². The van der Waals surface area contributed by atoms with E-state index in [9.17, 15) is 18.4 Å². The molecule has 2 unspecified atom stereocenters. The Morgan fingerprint density at radius 2 is 2.00 bits per heavy atom. The van der Waals surface area contributed by atoms with Crippen LogP contribution in [-0.4, -0.2) is 28.2 Å². The van der Waals surface area contributed by atoms with Gasteiger partial charge in [0.1, 0.15) is 5.69 Å². The second kappa shape index (κ2) is 8.08. The van der Waals surface area contributed by atoms with Gasteiger partial charge in [0.15, 0.2) is 0 Å². The molecule has 2 atom stereocenters. The maximum Gasteiger partial charge on any atom is 0.321 e. The van der Waals surface area contributed by atoms with Crippen LogP contribution >= 0.6 is 11.5 Å². The molecular weight excluding hydrogens is 420 g/mol. The number of hydrogen-bond acceptors (Lipinski definition) is 4. The van der Waals surface area contributed by atoms with Crippen molar-refractivity contribution >= 4 is 39.1 Å². The highest BCUT2D eigenvalue weighted by Gasteiger charge is 2.45. The van der Waals surface area contributed by atoms with E-state index in [4.69, 9.17) is 0 Å². The average molecular weight is 439 g/mol. The first-order valence-corrected chi connectivity index (χ1v) is 10.4. The quantitative estimate of drug-likeness (QED) is 0.617. The number of amides is 2. The van der Waals surface area contributed by atoms with Crippen LogP contribution in [0.4, 0.5) is 14.5 Å². The minimum absolute atomic E-state index is 0.0747. The van der Waals surface area contributed by atoms with E-state index in [0.29, 0.717) is 18.3 Å². The summed E-state index contributed by atoms with van der Waals surface area (Å²) >= 11 is 1.28. The molecule has 1 N–H and O–H groups in total. The Balaban J connectivity index is 1.76. The highest BCUT2D eigenvalue weighted by atomic mass is 32.1. The van der Waals surface area contributed by atoms with Crippen molar-refractivity contribution in [3.05, 3.63) is 59.8 Å². The van der Waals surface area contributed by atoms with Crippen LogP contribution in [0.1, 0.15) is 37.6 Å². The SMILES string of the molecule is CC#Cc1nsc2cc(N3C(=O)CC(NC(=O)C(C)(F)F)C3c3ccccc3)ccc12. The largest absolute Gasteiger partial charge is 0.345 e. The van der Waals surface area contributed by atoms with Gasteiger partial charge in [0.25, 0.3) is 5.91 Å². The Hall–Kier alpha value is -3.31. The van der Waals surface area contributed by atoms with Gasteiger partial charge in [-0.3, -0.25) is 9.59 Å². The Morgan fingerprint density at radius 1 is 1.26 bits per heavy atom. The molecule has 1 aromatic heterocycles. The lowest BCUT2D eigenvalue weighted by molar-refractivity contribution is -0.143. The van der Waals surface area contributed by atoms with Crippen LogP contribution in [-0.2, 0) is 9.59 Å². The molecule has 2 heterocycles. The van der Waals surface area contributed by atoms with E-state index < -0.39 is 23.9 Å². The number of nitrogens with one attached hydrogen (secondary N) is 1. The van der Waals surface area contributed by atoms with Crippen molar-refractivity contribution in [3.63, 3.8) is 0 Å². The number of carbonyl (C=O) groups is 2. The Morgan fingerprint density at radius 3 is 2.68 bits per heavy atom. The van der Waals surface area contributed by atoms with E-state index in [1.165, 1.54) is 11.5 Å². The monoisotopic (exact) mass is 439 g/mol. The molecule has 31 heavy (non-hydrogen) atoms. The fraction of sp³-hybridized carbons (Fsp3) is 0.261. The smallest absolute Gasteiger partial charge is 0.321 e. The lowest BCUT2D eigenvalue weighted by atomic mass is 9.99. The minimum atomic E-state index is -3.53. The second-order valence-electron chi connectivity index (χ2n) is 7.38. The molecule has 0 saturated carbocycles. The standard InChI is InChI=1S/C23H19F2N3O2S/c1-3-7-17-16-11-10-15(12-19(16)31-27-17)28-20(29)13-18(26-22(30)23(2,24)25)21(28)14-8-5-4-6-9-14/h4-6,8-12,18,21H,13H2,1-2H3,(H,26,30). The Labute approximate surface area is 182 Å². The summed E-state index contributed by atoms with van der Waals surface area (Å²) in [5.74, 6) is 0.608. The van der Waals surface area contributed by atoms with E-state index in [1.54, 1.807) is 17.9 Å². The van der Waals surface area contributed by atoms with Crippen LogP contribution in [0.15, 0.2) is 48.5 Å². The number of nitrogens with zero attached hydrogens (tertiary/aromatic N) is 2. The number of rotatable bonds is 4. The second-order valence-corrected chi connectivity index (χ2v) is 8.18. The van der Waals surface area contributed by atoms with E-state index >= 15 is 0 Å². The summed E-state index contributed by atoms with van der Waals surface area (Å²) in [4.78, 5) is 26.5. The molecule has 2 aromatic carbocycles. The molecule has 8 heteroatoms. The zero-order chi connectivity index (χ0) is 22.2. The first-order valence-electron chi connectivity index (χ1n) is 9.67. The van der Waals surface area contributed by atoms with Gasteiger partial charge in [0.2, 0.25) is 5.91 Å². The summed E-state index contributed by atoms with van der Waals surface area (Å²) in [7, 11) is 0. The molecule has 0 bridgehead atoms. The van der Waals surface area contributed by atoms with Crippen LogP contribution < -0.4 is 10.2 Å². The molecule has 0 spiro atoms. The van der Waals surface area contributed by atoms with E-state index in [0.717, 1.165) is 15.6 Å². The summed E-state index contributed by atoms with van der Waals surface area (Å²) in [5, 5.41) is 3.27. The number of alkyl halides is 2. The van der Waals surface area contributed by atoms with Crippen LogP contribution in [0.25, 0.3) is 10.1 Å². The third-order valence-electron chi connectivity index (χ3n) is 5.16. The predicted octanol–water partition coefficient (Wildman–Crippen LogP) is 4.29. The summed E-state index contributed by atoms with van der Waals surface area (Å²) in [6, 6.07) is 13.2. The van der Waals surface area contributed by atoms with Crippen molar-refractivity contribution in [1.29, 1.82) is 0 Å². The number of anilines is 1. The van der Waals surface area contributed by atoms with E-state index in [2.05, 4.69) is 21.5 Å². The lowest BCUT2D eigenvalue weighted by Crippen LogP contribution is -2.46. The van der Waals surface area contributed by atoms with Gasteiger partial charge in [-0.2, -0.15) is 13.2 Å². The van der Waals surface area contributed by atoms with Gasteiger partial charge in [0, 0.05) is 24.4 Å². The van der Waals surface area contributed by atoms with Crippen LogP contribution in [0.5, 0.6) is 0 Å². The molecule has 158 valence electrons. The lowest BCUT2D eigenvalue weighted by Gasteiger charge is -2.29. The Kier molecular flexibility index (Phi) is 5.46. The first kappa shape index (κ1) is 20.9. The average Bonchev–Trinajstić information content (AvgIpc) is 3.28. The van der Waals surface area contributed by atoms with Crippen LogP contribution in [0.3, 0.4) is 0 Å². The highest BCUT2D eigenvalue weighted by molar-refractivity contribution is 7.13. The molecule has 0 aliphatic carbocycles. The van der Waals surface area contributed by atoms with Gasteiger partial charge in [-0.15, -0.1) is 0 Å². The van der Waals surface area contributed by atoms with Crippen molar-refractivity contribution in [2.75, 3.05) is 4.90 Å². The summed E-state index contributed by atoms with van der Waals surface area (Å²) in [6.07, 6.45) is -0.0747. The zero-order valence-corrected chi connectivity index (χ0v) is 17.7.